The SMILES string of the molecule is c1ccc(CNCCc2ccc3c(c2)CCN3)cc1. The molecule has 0 saturated carbocycles. The molecule has 0 saturated heterocycles. The fourth-order valence-corrected chi connectivity index (χ4v) is 2.58. The van der Waals surface area contributed by atoms with Crippen LogP contribution in [0.25, 0.3) is 0 Å². The van der Waals surface area contributed by atoms with Gasteiger partial charge in [-0.15, -0.1) is 0 Å². The quantitative estimate of drug-likeness (QED) is 0.799. The molecule has 2 heteroatoms. The van der Waals surface area contributed by atoms with Crippen LogP contribution in [-0.2, 0) is 19.4 Å². The van der Waals surface area contributed by atoms with Crippen molar-refractivity contribution >= 4 is 5.69 Å². The summed E-state index contributed by atoms with van der Waals surface area (Å²) in [6.45, 7) is 3.07. The van der Waals surface area contributed by atoms with E-state index >= 15 is 0 Å². The van der Waals surface area contributed by atoms with Gasteiger partial charge in [0.2, 0.25) is 0 Å². The molecule has 1 heterocycles. The first kappa shape index (κ1) is 12.2. The molecule has 2 aromatic rings. The summed E-state index contributed by atoms with van der Waals surface area (Å²) >= 11 is 0. The van der Waals surface area contributed by atoms with Gasteiger partial charge in [-0.25, -0.2) is 0 Å². The molecule has 0 aromatic heterocycles. The summed E-state index contributed by atoms with van der Waals surface area (Å²) in [4.78, 5) is 0. The Morgan fingerprint density at radius 3 is 2.79 bits per heavy atom. The monoisotopic (exact) mass is 252 g/mol. The molecule has 2 N–H and O–H groups in total. The Kier molecular flexibility index (Phi) is 3.80. The highest BCUT2D eigenvalue weighted by molar-refractivity contribution is 5.56. The Balaban J connectivity index is 1.48. The topological polar surface area (TPSA) is 24.1 Å². The second kappa shape index (κ2) is 5.89. The van der Waals surface area contributed by atoms with Crippen molar-refractivity contribution < 1.29 is 0 Å². The van der Waals surface area contributed by atoms with Crippen LogP contribution >= 0.6 is 0 Å². The number of hydrogen-bond donors (Lipinski definition) is 2. The molecular formula is C17H20N2. The van der Waals surface area contributed by atoms with E-state index in [1.807, 2.05) is 0 Å². The zero-order chi connectivity index (χ0) is 12.9. The van der Waals surface area contributed by atoms with Crippen molar-refractivity contribution in [2.75, 3.05) is 18.4 Å². The normalized spacial score (nSPS) is 13.1. The minimum absolute atomic E-state index is 0.952. The Morgan fingerprint density at radius 1 is 1.00 bits per heavy atom. The van der Waals surface area contributed by atoms with Crippen LogP contribution in [-0.4, -0.2) is 13.1 Å². The van der Waals surface area contributed by atoms with Crippen molar-refractivity contribution in [3.63, 3.8) is 0 Å². The number of anilines is 1. The highest BCUT2D eigenvalue weighted by atomic mass is 14.9. The smallest absolute Gasteiger partial charge is 0.0373 e. The van der Waals surface area contributed by atoms with Gasteiger partial charge in [-0.1, -0.05) is 42.5 Å². The zero-order valence-corrected chi connectivity index (χ0v) is 11.2. The molecule has 0 atom stereocenters. The van der Waals surface area contributed by atoms with E-state index in [1.165, 1.54) is 28.8 Å². The van der Waals surface area contributed by atoms with Gasteiger partial charge in [0.15, 0.2) is 0 Å². The van der Waals surface area contributed by atoms with Crippen LogP contribution in [0.5, 0.6) is 0 Å². The van der Waals surface area contributed by atoms with Crippen LogP contribution in [0.4, 0.5) is 5.69 Å². The van der Waals surface area contributed by atoms with E-state index in [0.717, 1.165) is 26.1 Å². The number of rotatable bonds is 5. The summed E-state index contributed by atoms with van der Waals surface area (Å²) in [6.07, 6.45) is 2.26. The van der Waals surface area contributed by atoms with Crippen molar-refractivity contribution in [2.24, 2.45) is 0 Å². The van der Waals surface area contributed by atoms with Gasteiger partial charge < -0.3 is 10.6 Å². The lowest BCUT2D eigenvalue weighted by atomic mass is 10.1. The van der Waals surface area contributed by atoms with Gasteiger partial charge in [-0.2, -0.15) is 0 Å². The van der Waals surface area contributed by atoms with Gasteiger partial charge in [-0.05, 0) is 42.1 Å². The second-order valence-corrected chi connectivity index (χ2v) is 5.08. The lowest BCUT2D eigenvalue weighted by molar-refractivity contribution is 0.687. The average molecular weight is 252 g/mol. The lowest BCUT2D eigenvalue weighted by Crippen LogP contribution is -2.16. The number of hydrogen-bond acceptors (Lipinski definition) is 2. The summed E-state index contributed by atoms with van der Waals surface area (Å²) in [7, 11) is 0. The predicted molar refractivity (Wildman–Crippen MR) is 80.5 cm³/mol. The Labute approximate surface area is 114 Å². The fourth-order valence-electron chi connectivity index (χ4n) is 2.58. The minimum atomic E-state index is 0.952. The maximum absolute atomic E-state index is 3.50. The largest absolute Gasteiger partial charge is 0.384 e. The molecule has 19 heavy (non-hydrogen) atoms. The van der Waals surface area contributed by atoms with Gasteiger partial charge in [-0.3, -0.25) is 0 Å². The number of fused-ring (bicyclic) bond motifs is 1. The van der Waals surface area contributed by atoms with E-state index in [0.29, 0.717) is 0 Å². The van der Waals surface area contributed by atoms with E-state index in [2.05, 4.69) is 59.2 Å². The Bertz CT molecular complexity index is 534. The van der Waals surface area contributed by atoms with E-state index in [1.54, 1.807) is 0 Å². The molecule has 98 valence electrons. The molecule has 0 aliphatic carbocycles. The van der Waals surface area contributed by atoms with Crippen LogP contribution in [0.1, 0.15) is 16.7 Å². The summed E-state index contributed by atoms with van der Waals surface area (Å²) in [5, 5.41) is 6.90. The molecule has 2 aromatic carbocycles. The average Bonchev–Trinajstić information content (AvgIpc) is 2.92. The molecule has 3 rings (SSSR count). The van der Waals surface area contributed by atoms with Crippen molar-refractivity contribution in [3.05, 3.63) is 65.2 Å². The van der Waals surface area contributed by atoms with Crippen molar-refractivity contribution in [2.45, 2.75) is 19.4 Å². The van der Waals surface area contributed by atoms with E-state index in [-0.39, 0.29) is 0 Å². The van der Waals surface area contributed by atoms with Crippen LogP contribution < -0.4 is 10.6 Å². The first-order chi connectivity index (χ1) is 9.42. The van der Waals surface area contributed by atoms with E-state index in [9.17, 15) is 0 Å². The lowest BCUT2D eigenvalue weighted by Gasteiger charge is -2.07. The van der Waals surface area contributed by atoms with Crippen LogP contribution in [0, 0.1) is 0 Å². The van der Waals surface area contributed by atoms with E-state index < -0.39 is 0 Å². The maximum Gasteiger partial charge on any atom is 0.0373 e. The van der Waals surface area contributed by atoms with Crippen LogP contribution in [0.3, 0.4) is 0 Å². The van der Waals surface area contributed by atoms with Gasteiger partial charge in [0.05, 0.1) is 0 Å². The first-order valence-corrected chi connectivity index (χ1v) is 7.02. The van der Waals surface area contributed by atoms with Gasteiger partial charge in [0.25, 0.3) is 0 Å². The Hall–Kier alpha value is -1.80. The first-order valence-electron chi connectivity index (χ1n) is 7.02. The molecule has 0 amide bonds. The molecule has 1 aliphatic heterocycles. The standard InChI is InChI=1S/C17H20N2/c1-2-4-15(5-3-1)13-18-10-8-14-6-7-17-16(12-14)9-11-19-17/h1-7,12,18-19H,8-11,13H2. The second-order valence-electron chi connectivity index (χ2n) is 5.08. The molecule has 0 radical (unpaired) electrons. The van der Waals surface area contributed by atoms with Crippen molar-refractivity contribution in [1.82, 2.24) is 5.32 Å². The summed E-state index contributed by atoms with van der Waals surface area (Å²) in [5.74, 6) is 0. The van der Waals surface area contributed by atoms with Gasteiger partial charge in [0.1, 0.15) is 0 Å². The minimum Gasteiger partial charge on any atom is -0.384 e. The maximum atomic E-state index is 3.50. The van der Waals surface area contributed by atoms with Crippen LogP contribution in [0.2, 0.25) is 0 Å². The third kappa shape index (κ3) is 3.15. The third-order valence-electron chi connectivity index (χ3n) is 3.64. The molecular weight excluding hydrogens is 232 g/mol. The Morgan fingerprint density at radius 2 is 1.89 bits per heavy atom. The summed E-state index contributed by atoms with van der Waals surface area (Å²) in [6, 6.07) is 17.4. The molecule has 0 spiro atoms. The van der Waals surface area contributed by atoms with Gasteiger partial charge >= 0.3 is 0 Å². The third-order valence-corrected chi connectivity index (χ3v) is 3.64. The summed E-state index contributed by atoms with van der Waals surface area (Å²) in [5.41, 5.74) is 5.57. The fraction of sp³-hybridized carbons (Fsp3) is 0.294. The molecule has 2 nitrogen and oxygen atoms in total. The molecule has 0 fully saturated rings. The molecule has 0 unspecified atom stereocenters. The highest BCUT2D eigenvalue weighted by Crippen LogP contribution is 2.22. The summed E-state index contributed by atoms with van der Waals surface area (Å²) < 4.78 is 0. The molecule has 0 bridgehead atoms. The molecule has 1 aliphatic rings. The zero-order valence-electron chi connectivity index (χ0n) is 11.2. The number of benzene rings is 2. The highest BCUT2D eigenvalue weighted by Gasteiger charge is 2.09. The number of nitrogens with one attached hydrogen (secondary N) is 2. The predicted octanol–water partition coefficient (Wildman–Crippen LogP) is 2.99. The van der Waals surface area contributed by atoms with Crippen molar-refractivity contribution in [1.29, 1.82) is 0 Å². The van der Waals surface area contributed by atoms with Gasteiger partial charge in [0, 0.05) is 18.8 Å². The van der Waals surface area contributed by atoms with Crippen LogP contribution in [0.15, 0.2) is 48.5 Å². The van der Waals surface area contributed by atoms with E-state index in [4.69, 9.17) is 0 Å². The van der Waals surface area contributed by atoms with Crippen molar-refractivity contribution in [3.8, 4) is 0 Å².